The number of imide groups is 1. The Morgan fingerprint density at radius 2 is 1.60 bits per heavy atom. The van der Waals surface area contributed by atoms with E-state index in [1.807, 2.05) is 30.3 Å². The molecule has 1 heterocycles. The minimum absolute atomic E-state index is 0.137. The zero-order valence-corrected chi connectivity index (χ0v) is 19.3. The average molecular weight is 490 g/mol. The van der Waals surface area contributed by atoms with Crippen LogP contribution in [0.4, 0.5) is 11.4 Å². The fourth-order valence-corrected chi connectivity index (χ4v) is 3.71. The molecule has 2 N–H and O–H groups in total. The molecule has 0 aromatic heterocycles. The van der Waals surface area contributed by atoms with E-state index in [2.05, 4.69) is 10.6 Å². The Balaban J connectivity index is 1.50. The van der Waals surface area contributed by atoms with Crippen molar-refractivity contribution in [1.29, 1.82) is 0 Å². The van der Waals surface area contributed by atoms with Gasteiger partial charge >= 0.3 is 5.97 Å². The molecule has 0 radical (unpaired) electrons. The molecule has 1 aliphatic rings. The molecular weight excluding hydrogens is 470 g/mol. The van der Waals surface area contributed by atoms with Crippen molar-refractivity contribution in [3.63, 3.8) is 0 Å². The number of rotatable bonds is 7. The second-order valence-corrected chi connectivity index (χ2v) is 7.93. The van der Waals surface area contributed by atoms with Crippen LogP contribution in [0.2, 0.25) is 0 Å². The number of anilines is 2. The van der Waals surface area contributed by atoms with Gasteiger partial charge in [0.1, 0.15) is 10.7 Å². The molecule has 4 rings (SSSR count). The molecule has 3 amide bonds. The van der Waals surface area contributed by atoms with Gasteiger partial charge in [-0.25, -0.2) is 9.69 Å². The van der Waals surface area contributed by atoms with Crippen molar-refractivity contribution in [1.82, 2.24) is 5.32 Å². The molecule has 8 nitrogen and oxygen atoms in total. The molecule has 3 aromatic carbocycles. The average Bonchev–Trinajstić information content (AvgIpc) is 3.10. The van der Waals surface area contributed by atoms with Gasteiger partial charge in [0.2, 0.25) is 0 Å². The molecule has 0 spiro atoms. The highest BCUT2D eigenvalue weighted by Crippen LogP contribution is 2.30. The summed E-state index contributed by atoms with van der Waals surface area (Å²) in [5.74, 6) is -2.34. The van der Waals surface area contributed by atoms with Gasteiger partial charge in [-0.1, -0.05) is 54.1 Å². The number of ether oxygens (including phenoxy) is 1. The van der Waals surface area contributed by atoms with Crippen LogP contribution in [0.3, 0.4) is 0 Å². The number of hydrogen-bond donors (Lipinski definition) is 2. The molecule has 0 atom stereocenters. The normalized spacial score (nSPS) is 13.1. The topological polar surface area (TPSA) is 105 Å². The molecule has 35 heavy (non-hydrogen) atoms. The highest BCUT2D eigenvalue weighted by molar-refractivity contribution is 6.53. The van der Waals surface area contributed by atoms with Crippen LogP contribution < -0.4 is 15.5 Å². The SMILES string of the molecule is COC(=O)c1cccc(N2C(=O)C(Cl)=C(Nc3cccc(C(=O)NCc4ccccc4)c3)C2=O)c1. The van der Waals surface area contributed by atoms with E-state index >= 15 is 0 Å². The number of esters is 1. The third-order valence-corrected chi connectivity index (χ3v) is 5.59. The highest BCUT2D eigenvalue weighted by Gasteiger charge is 2.39. The second-order valence-electron chi connectivity index (χ2n) is 7.55. The van der Waals surface area contributed by atoms with E-state index in [0.29, 0.717) is 17.8 Å². The number of methoxy groups -OCH3 is 1. The zero-order valence-electron chi connectivity index (χ0n) is 18.6. The molecule has 1 aliphatic heterocycles. The Morgan fingerprint density at radius 3 is 2.34 bits per heavy atom. The first kappa shape index (κ1) is 23.7. The number of benzene rings is 3. The molecule has 0 saturated heterocycles. The maximum Gasteiger partial charge on any atom is 0.337 e. The van der Waals surface area contributed by atoms with Crippen molar-refractivity contribution < 1.29 is 23.9 Å². The fraction of sp³-hybridized carbons (Fsp3) is 0.0769. The van der Waals surface area contributed by atoms with Gasteiger partial charge in [0.05, 0.1) is 18.4 Å². The van der Waals surface area contributed by atoms with E-state index < -0.39 is 17.8 Å². The van der Waals surface area contributed by atoms with Crippen LogP contribution in [0, 0.1) is 0 Å². The molecule has 0 fully saturated rings. The van der Waals surface area contributed by atoms with Gasteiger partial charge in [-0.15, -0.1) is 0 Å². The van der Waals surface area contributed by atoms with Crippen LogP contribution in [-0.4, -0.2) is 30.8 Å². The number of amides is 3. The number of nitrogens with one attached hydrogen (secondary N) is 2. The van der Waals surface area contributed by atoms with E-state index in [9.17, 15) is 19.2 Å². The van der Waals surface area contributed by atoms with Gasteiger partial charge in [-0.3, -0.25) is 14.4 Å². The molecule has 0 bridgehead atoms. The van der Waals surface area contributed by atoms with Crippen LogP contribution >= 0.6 is 11.6 Å². The minimum Gasteiger partial charge on any atom is -0.465 e. The molecule has 0 aliphatic carbocycles. The smallest absolute Gasteiger partial charge is 0.337 e. The summed E-state index contributed by atoms with van der Waals surface area (Å²) >= 11 is 6.20. The Morgan fingerprint density at radius 1 is 0.886 bits per heavy atom. The lowest BCUT2D eigenvalue weighted by atomic mass is 10.1. The van der Waals surface area contributed by atoms with Gasteiger partial charge in [-0.2, -0.15) is 0 Å². The third kappa shape index (κ3) is 5.07. The standard InChI is InChI=1S/C26H20ClN3O5/c1-35-26(34)18-10-6-12-20(14-18)30-24(32)21(27)22(25(30)33)29-19-11-5-9-17(13-19)23(31)28-15-16-7-3-2-4-8-16/h2-14,29H,15H2,1H3,(H,28,31). The van der Waals surface area contributed by atoms with Crippen molar-refractivity contribution in [2.24, 2.45) is 0 Å². The van der Waals surface area contributed by atoms with Crippen molar-refractivity contribution >= 4 is 46.7 Å². The second kappa shape index (κ2) is 10.2. The van der Waals surface area contributed by atoms with Gasteiger partial charge in [0, 0.05) is 17.8 Å². The lowest BCUT2D eigenvalue weighted by Crippen LogP contribution is -2.32. The predicted octanol–water partition coefficient (Wildman–Crippen LogP) is 3.84. The number of carbonyl (C=O) groups is 4. The summed E-state index contributed by atoms with van der Waals surface area (Å²) in [6, 6.07) is 21.9. The molecule has 3 aromatic rings. The first-order chi connectivity index (χ1) is 16.9. The highest BCUT2D eigenvalue weighted by atomic mass is 35.5. The van der Waals surface area contributed by atoms with Crippen molar-refractivity contribution in [2.45, 2.75) is 6.54 Å². The molecular formula is C26H20ClN3O5. The van der Waals surface area contributed by atoms with Crippen LogP contribution in [0.1, 0.15) is 26.3 Å². The summed E-state index contributed by atoms with van der Waals surface area (Å²) in [5.41, 5.74) is 1.93. The van der Waals surface area contributed by atoms with E-state index in [-0.39, 0.29) is 27.9 Å². The summed E-state index contributed by atoms with van der Waals surface area (Å²) in [6.45, 7) is 0.362. The first-order valence-corrected chi connectivity index (χ1v) is 10.9. The quantitative estimate of drug-likeness (QED) is 0.386. The van der Waals surface area contributed by atoms with Crippen LogP contribution in [0.15, 0.2) is 89.6 Å². The predicted molar refractivity (Wildman–Crippen MR) is 131 cm³/mol. The summed E-state index contributed by atoms with van der Waals surface area (Å²) in [6.07, 6.45) is 0. The van der Waals surface area contributed by atoms with Crippen LogP contribution in [0.5, 0.6) is 0 Å². The van der Waals surface area contributed by atoms with Crippen LogP contribution in [-0.2, 0) is 20.9 Å². The zero-order chi connectivity index (χ0) is 24.9. The Labute approximate surface area is 206 Å². The maximum absolute atomic E-state index is 13.1. The molecule has 0 unspecified atom stereocenters. The number of halogens is 1. The fourth-order valence-electron chi connectivity index (χ4n) is 3.50. The maximum atomic E-state index is 13.1. The number of hydrogen-bond acceptors (Lipinski definition) is 6. The number of nitrogens with zero attached hydrogens (tertiary/aromatic N) is 1. The minimum atomic E-state index is -0.738. The van der Waals surface area contributed by atoms with Crippen molar-refractivity contribution in [3.8, 4) is 0 Å². The van der Waals surface area contributed by atoms with E-state index in [4.69, 9.17) is 16.3 Å². The Kier molecular flexibility index (Phi) is 6.93. The third-order valence-electron chi connectivity index (χ3n) is 5.24. The first-order valence-electron chi connectivity index (χ1n) is 10.5. The summed E-state index contributed by atoms with van der Waals surface area (Å²) in [5, 5.41) is 5.38. The molecule has 9 heteroatoms. The van der Waals surface area contributed by atoms with Gasteiger partial charge < -0.3 is 15.4 Å². The Bertz CT molecular complexity index is 1350. The molecule has 176 valence electrons. The summed E-state index contributed by atoms with van der Waals surface area (Å²) in [7, 11) is 1.23. The largest absolute Gasteiger partial charge is 0.465 e. The Hall–Kier alpha value is -4.43. The lowest BCUT2D eigenvalue weighted by molar-refractivity contribution is -0.120. The van der Waals surface area contributed by atoms with E-state index in [1.165, 1.54) is 31.4 Å². The summed E-state index contributed by atoms with van der Waals surface area (Å²) in [4.78, 5) is 51.1. The van der Waals surface area contributed by atoms with Gasteiger partial charge in [-0.05, 0) is 42.0 Å². The van der Waals surface area contributed by atoms with Gasteiger partial charge in [0.15, 0.2) is 0 Å². The van der Waals surface area contributed by atoms with Gasteiger partial charge in [0.25, 0.3) is 17.7 Å². The molecule has 0 saturated carbocycles. The van der Waals surface area contributed by atoms with E-state index in [0.717, 1.165) is 10.5 Å². The number of carbonyl (C=O) groups excluding carboxylic acids is 4. The lowest BCUT2D eigenvalue weighted by Gasteiger charge is -2.16. The van der Waals surface area contributed by atoms with Crippen LogP contribution in [0.25, 0.3) is 0 Å². The van der Waals surface area contributed by atoms with Crippen molar-refractivity contribution in [2.75, 3.05) is 17.3 Å². The van der Waals surface area contributed by atoms with E-state index in [1.54, 1.807) is 24.3 Å². The monoisotopic (exact) mass is 489 g/mol. The van der Waals surface area contributed by atoms with Crippen molar-refractivity contribution in [3.05, 3.63) is 106 Å². The summed E-state index contributed by atoms with van der Waals surface area (Å²) < 4.78 is 4.69.